The highest BCUT2D eigenvalue weighted by atomic mass is 32.2. The molecule has 5 nitrogen and oxygen atoms in total. The summed E-state index contributed by atoms with van der Waals surface area (Å²) in [5.41, 5.74) is 2.57. The van der Waals surface area contributed by atoms with E-state index in [-0.39, 0.29) is 17.4 Å². The number of rotatable bonds is 8. The summed E-state index contributed by atoms with van der Waals surface area (Å²) < 4.78 is 0.895. The smallest absolute Gasteiger partial charge is 0.251 e. The lowest BCUT2D eigenvalue weighted by molar-refractivity contribution is 0.0954. The molecule has 3 N–H and O–H groups in total. The van der Waals surface area contributed by atoms with Gasteiger partial charge in [-0.05, 0) is 55.7 Å². The van der Waals surface area contributed by atoms with Gasteiger partial charge in [-0.2, -0.15) is 0 Å². The number of phenols is 2. The Morgan fingerprint density at radius 2 is 1.68 bits per heavy atom. The van der Waals surface area contributed by atoms with Crippen LogP contribution < -0.4 is 5.32 Å². The zero-order chi connectivity index (χ0) is 20.5. The highest BCUT2D eigenvalue weighted by Gasteiger charge is 2.08. The minimum atomic E-state index is -0.155. The van der Waals surface area contributed by atoms with Crippen molar-refractivity contribution in [2.45, 2.75) is 26.0 Å². The van der Waals surface area contributed by atoms with Crippen LogP contribution in [0, 0.1) is 0 Å². The van der Waals surface area contributed by atoms with Crippen LogP contribution >= 0.6 is 24.0 Å². The van der Waals surface area contributed by atoms with E-state index in [4.69, 9.17) is 12.2 Å². The first-order chi connectivity index (χ1) is 13.4. The molecule has 0 radical (unpaired) electrons. The van der Waals surface area contributed by atoms with Crippen LogP contribution in [0.2, 0.25) is 0 Å². The zero-order valence-electron chi connectivity index (χ0n) is 16.1. The van der Waals surface area contributed by atoms with Crippen LogP contribution in [0.25, 0.3) is 0 Å². The molecule has 0 bridgehead atoms. The molecular formula is C21H26N2O3S2. The van der Waals surface area contributed by atoms with E-state index in [2.05, 4.69) is 24.1 Å². The second-order valence-electron chi connectivity index (χ2n) is 6.25. The van der Waals surface area contributed by atoms with Crippen molar-refractivity contribution in [3.63, 3.8) is 0 Å². The average Bonchev–Trinajstić information content (AvgIpc) is 2.70. The minimum absolute atomic E-state index is 0.138. The third kappa shape index (κ3) is 6.42. The van der Waals surface area contributed by atoms with Crippen molar-refractivity contribution in [3.8, 4) is 11.5 Å². The fraction of sp³-hybridized carbons (Fsp3) is 0.333. The van der Waals surface area contributed by atoms with Crippen molar-refractivity contribution in [3.05, 3.63) is 59.2 Å². The molecule has 0 fully saturated rings. The van der Waals surface area contributed by atoms with Gasteiger partial charge in [0.2, 0.25) is 0 Å². The topological polar surface area (TPSA) is 72.8 Å². The van der Waals surface area contributed by atoms with E-state index in [1.54, 1.807) is 17.8 Å². The van der Waals surface area contributed by atoms with Gasteiger partial charge >= 0.3 is 0 Å². The van der Waals surface area contributed by atoms with Gasteiger partial charge in [0, 0.05) is 31.0 Å². The quantitative estimate of drug-likeness (QED) is 0.446. The number of aromatic hydroxyl groups is 2. The van der Waals surface area contributed by atoms with Gasteiger partial charge in [-0.1, -0.05) is 42.2 Å². The molecule has 2 rings (SSSR count). The molecule has 2 aromatic carbocycles. The zero-order valence-corrected chi connectivity index (χ0v) is 17.8. The number of phenolic OH excluding ortho intramolecular Hbond substituents is 2. The normalized spacial score (nSPS) is 10.5. The van der Waals surface area contributed by atoms with Crippen LogP contribution in [0.3, 0.4) is 0 Å². The molecule has 2 aromatic rings. The summed E-state index contributed by atoms with van der Waals surface area (Å²) in [4.78, 5) is 14.4. The monoisotopic (exact) mass is 418 g/mol. The van der Waals surface area contributed by atoms with Gasteiger partial charge in [0.05, 0.1) is 0 Å². The van der Waals surface area contributed by atoms with E-state index in [9.17, 15) is 15.0 Å². The lowest BCUT2D eigenvalue weighted by Crippen LogP contribution is -2.26. The molecule has 0 heterocycles. The molecule has 0 saturated carbocycles. The van der Waals surface area contributed by atoms with Gasteiger partial charge in [0.25, 0.3) is 5.91 Å². The Labute approximate surface area is 175 Å². The minimum Gasteiger partial charge on any atom is -0.504 e. The lowest BCUT2D eigenvalue weighted by Gasteiger charge is -2.20. The Kier molecular flexibility index (Phi) is 8.60. The summed E-state index contributed by atoms with van der Waals surface area (Å²) in [6.07, 6.45) is 0.567. The first-order valence-corrected chi connectivity index (χ1v) is 10.6. The summed E-state index contributed by atoms with van der Waals surface area (Å²) in [6.45, 7) is 6.44. The fourth-order valence-electron chi connectivity index (χ4n) is 2.62. The van der Waals surface area contributed by atoms with E-state index in [0.29, 0.717) is 18.5 Å². The number of carbonyl (C=O) groups excluding carboxylic acids is 1. The molecule has 0 atom stereocenters. The Morgan fingerprint density at radius 1 is 1.04 bits per heavy atom. The van der Waals surface area contributed by atoms with Gasteiger partial charge in [-0.25, -0.2) is 0 Å². The molecule has 0 aliphatic rings. The Balaban J connectivity index is 1.81. The van der Waals surface area contributed by atoms with Crippen molar-refractivity contribution in [1.82, 2.24) is 10.2 Å². The molecule has 0 aliphatic heterocycles. The van der Waals surface area contributed by atoms with Crippen LogP contribution in [-0.4, -0.2) is 45.0 Å². The maximum Gasteiger partial charge on any atom is 0.251 e. The number of carbonyl (C=O) groups is 1. The van der Waals surface area contributed by atoms with Gasteiger partial charge in [0.1, 0.15) is 4.32 Å². The largest absolute Gasteiger partial charge is 0.504 e. The number of thiocarbonyl (C=S) groups is 1. The SMILES string of the molecule is CCN(CC)C(=S)SCc1ccc(C(=O)NCCc2ccc(O)c(O)c2)cc1. The second-order valence-corrected chi connectivity index (χ2v) is 7.86. The summed E-state index contributed by atoms with van der Waals surface area (Å²) in [7, 11) is 0. The van der Waals surface area contributed by atoms with Gasteiger partial charge in [-0.15, -0.1) is 0 Å². The van der Waals surface area contributed by atoms with Crippen LogP contribution in [-0.2, 0) is 12.2 Å². The lowest BCUT2D eigenvalue weighted by atomic mass is 10.1. The summed E-state index contributed by atoms with van der Waals surface area (Å²) >= 11 is 7.07. The number of nitrogens with one attached hydrogen (secondary N) is 1. The first kappa shape index (κ1) is 22.0. The molecule has 0 aliphatic carbocycles. The van der Waals surface area contributed by atoms with Crippen LogP contribution in [0.5, 0.6) is 11.5 Å². The first-order valence-electron chi connectivity index (χ1n) is 9.24. The van der Waals surface area contributed by atoms with Crippen molar-refractivity contribution in [2.75, 3.05) is 19.6 Å². The maximum absolute atomic E-state index is 12.3. The molecule has 7 heteroatoms. The van der Waals surface area contributed by atoms with Crippen molar-refractivity contribution < 1.29 is 15.0 Å². The Hall–Kier alpha value is -2.25. The van der Waals surface area contributed by atoms with Crippen LogP contribution in [0.15, 0.2) is 42.5 Å². The summed E-state index contributed by atoms with van der Waals surface area (Å²) in [6, 6.07) is 12.2. The van der Waals surface area contributed by atoms with E-state index < -0.39 is 0 Å². The molecule has 0 spiro atoms. The molecule has 1 amide bonds. The highest BCUT2D eigenvalue weighted by Crippen LogP contribution is 2.24. The number of nitrogens with zero attached hydrogens (tertiary/aromatic N) is 1. The highest BCUT2D eigenvalue weighted by molar-refractivity contribution is 8.22. The molecular weight excluding hydrogens is 392 g/mol. The van der Waals surface area contributed by atoms with Gasteiger partial charge in [-0.3, -0.25) is 4.79 Å². The third-order valence-electron chi connectivity index (χ3n) is 4.34. The molecule has 0 unspecified atom stereocenters. The van der Waals surface area contributed by atoms with E-state index >= 15 is 0 Å². The number of benzene rings is 2. The number of hydrogen-bond acceptors (Lipinski definition) is 5. The number of amides is 1. The maximum atomic E-state index is 12.3. The van der Waals surface area contributed by atoms with Crippen molar-refractivity contribution in [1.29, 1.82) is 0 Å². The predicted octanol–water partition coefficient (Wildman–Crippen LogP) is 3.93. The fourth-order valence-corrected chi connectivity index (χ4v) is 3.98. The standard InChI is InChI=1S/C21H26N2O3S2/c1-3-23(4-2)21(27)28-14-16-5-8-17(9-6-16)20(26)22-12-11-15-7-10-18(24)19(25)13-15/h5-10,13,24-25H,3-4,11-12,14H2,1-2H3,(H,22,26). The summed E-state index contributed by atoms with van der Waals surface area (Å²) in [5.74, 6) is 0.337. The van der Waals surface area contributed by atoms with Gasteiger partial charge < -0.3 is 20.4 Å². The molecule has 0 aromatic heterocycles. The number of thioether (sulfide) groups is 1. The number of hydrogen-bond donors (Lipinski definition) is 3. The van der Waals surface area contributed by atoms with E-state index in [1.807, 2.05) is 24.3 Å². The van der Waals surface area contributed by atoms with Crippen molar-refractivity contribution in [2.24, 2.45) is 0 Å². The van der Waals surface area contributed by atoms with E-state index in [0.717, 1.165) is 34.3 Å². The molecule has 150 valence electrons. The third-order valence-corrected chi connectivity index (χ3v) is 5.93. The van der Waals surface area contributed by atoms with Crippen molar-refractivity contribution >= 4 is 34.2 Å². The van der Waals surface area contributed by atoms with Crippen LogP contribution in [0.4, 0.5) is 0 Å². The summed E-state index contributed by atoms with van der Waals surface area (Å²) in [5, 5.41) is 21.7. The van der Waals surface area contributed by atoms with Gasteiger partial charge in [0.15, 0.2) is 11.5 Å². The Bertz CT molecular complexity index is 806. The average molecular weight is 419 g/mol. The molecule has 0 saturated heterocycles. The van der Waals surface area contributed by atoms with E-state index in [1.165, 1.54) is 12.1 Å². The Morgan fingerprint density at radius 3 is 2.29 bits per heavy atom. The predicted molar refractivity (Wildman–Crippen MR) is 119 cm³/mol. The molecule has 28 heavy (non-hydrogen) atoms. The van der Waals surface area contributed by atoms with Crippen LogP contribution in [0.1, 0.15) is 35.3 Å². The second kappa shape index (κ2) is 10.9.